The first kappa shape index (κ1) is 28.0. The van der Waals surface area contributed by atoms with Crippen molar-refractivity contribution in [3.63, 3.8) is 0 Å². The van der Waals surface area contributed by atoms with Crippen LogP contribution in [0.3, 0.4) is 0 Å². The summed E-state index contributed by atoms with van der Waals surface area (Å²) in [7, 11) is 0. The molecule has 0 radical (unpaired) electrons. The summed E-state index contributed by atoms with van der Waals surface area (Å²) in [5, 5.41) is 25.1. The number of amides is 4. The molecule has 188 valence electrons. The number of hydrogen-bond acceptors (Lipinski definition) is 8. The van der Waals surface area contributed by atoms with E-state index in [-0.39, 0.29) is 12.3 Å². The number of H-pyrrole nitrogens is 1. The van der Waals surface area contributed by atoms with Crippen molar-refractivity contribution < 1.29 is 39.0 Å². The summed E-state index contributed by atoms with van der Waals surface area (Å²) in [5.41, 5.74) is 11.2. The van der Waals surface area contributed by atoms with Crippen LogP contribution in [0, 0.1) is 5.92 Å². The van der Waals surface area contributed by atoms with Gasteiger partial charge in [0.15, 0.2) is 0 Å². The van der Waals surface area contributed by atoms with Crippen LogP contribution in [0.1, 0.15) is 32.4 Å². The van der Waals surface area contributed by atoms with Gasteiger partial charge in [-0.05, 0) is 5.92 Å². The number of nitrogens with two attached hydrogens (primary N) is 2. The molecule has 1 rings (SSSR count). The number of primary amides is 1. The molecule has 4 atom stereocenters. The fourth-order valence-corrected chi connectivity index (χ4v) is 2.73. The van der Waals surface area contributed by atoms with E-state index in [1.54, 1.807) is 13.8 Å². The quantitative estimate of drug-likeness (QED) is 0.131. The number of carboxylic acids is 2. The molecule has 0 spiro atoms. The number of carbonyl (C=O) groups excluding carboxylic acids is 4. The van der Waals surface area contributed by atoms with E-state index in [4.69, 9.17) is 16.6 Å². The first-order valence-corrected chi connectivity index (χ1v) is 10.2. The maximum absolute atomic E-state index is 12.7. The topological polar surface area (TPSA) is 260 Å². The van der Waals surface area contributed by atoms with Gasteiger partial charge in [-0.15, -0.1) is 0 Å². The third-order valence-electron chi connectivity index (χ3n) is 4.66. The van der Waals surface area contributed by atoms with Crippen molar-refractivity contribution >= 4 is 35.6 Å². The van der Waals surface area contributed by atoms with Gasteiger partial charge >= 0.3 is 11.9 Å². The average molecular weight is 483 g/mol. The second-order valence-corrected chi connectivity index (χ2v) is 7.84. The predicted molar refractivity (Wildman–Crippen MR) is 115 cm³/mol. The molecule has 0 saturated carbocycles. The van der Waals surface area contributed by atoms with Crippen LogP contribution in [0.5, 0.6) is 0 Å². The Bertz CT molecular complexity index is 902. The minimum Gasteiger partial charge on any atom is -0.481 e. The Morgan fingerprint density at radius 1 is 0.941 bits per heavy atom. The molecule has 0 aliphatic rings. The Hall–Kier alpha value is -4.01. The predicted octanol–water partition coefficient (Wildman–Crippen LogP) is -3.18. The molecule has 34 heavy (non-hydrogen) atoms. The van der Waals surface area contributed by atoms with Gasteiger partial charge in [0.2, 0.25) is 23.6 Å². The highest BCUT2D eigenvalue weighted by atomic mass is 16.4. The first-order chi connectivity index (χ1) is 15.8. The number of imidazole rings is 1. The van der Waals surface area contributed by atoms with E-state index in [0.29, 0.717) is 5.69 Å². The molecule has 15 heteroatoms. The first-order valence-electron chi connectivity index (χ1n) is 10.2. The standard InChI is InChI=1S/C19H29N7O8/c1-8(2)15(21)18(32)25-10(4-13(20)27)16(30)24-11(5-14(28)29)17(31)26-12(19(33)34)3-9-6-22-7-23-9/h6-8,10-12,15H,3-5,21H2,1-2H3,(H2,20,27)(H,22,23)(H,24,30)(H,25,32)(H,26,31)(H,28,29)(H,33,34). The highest BCUT2D eigenvalue weighted by Crippen LogP contribution is 2.04. The number of carboxylic acid groups (broad SMARTS) is 2. The van der Waals surface area contributed by atoms with Gasteiger partial charge in [0, 0.05) is 18.3 Å². The number of hydrogen-bond donors (Lipinski definition) is 8. The summed E-state index contributed by atoms with van der Waals surface area (Å²) in [6.07, 6.45) is 0.903. The highest BCUT2D eigenvalue weighted by molar-refractivity contribution is 5.97. The smallest absolute Gasteiger partial charge is 0.326 e. The summed E-state index contributed by atoms with van der Waals surface area (Å²) < 4.78 is 0. The normalized spacial score (nSPS) is 14.4. The van der Waals surface area contributed by atoms with Crippen LogP contribution in [-0.2, 0) is 35.2 Å². The molecule has 0 saturated heterocycles. The number of aromatic nitrogens is 2. The van der Waals surface area contributed by atoms with Crippen molar-refractivity contribution in [1.82, 2.24) is 25.9 Å². The van der Waals surface area contributed by atoms with Crippen molar-refractivity contribution in [2.24, 2.45) is 17.4 Å². The van der Waals surface area contributed by atoms with Crippen LogP contribution in [0.2, 0.25) is 0 Å². The zero-order chi connectivity index (χ0) is 26.0. The SMILES string of the molecule is CC(C)C(N)C(=O)NC(CC(N)=O)C(=O)NC(CC(=O)O)C(=O)NC(Cc1cnc[nH]1)C(=O)O. The van der Waals surface area contributed by atoms with Gasteiger partial charge in [0.1, 0.15) is 18.1 Å². The number of rotatable bonds is 14. The molecule has 1 aromatic heterocycles. The van der Waals surface area contributed by atoms with Gasteiger partial charge in [0.25, 0.3) is 0 Å². The summed E-state index contributed by atoms with van der Waals surface area (Å²) in [5.74, 6) is -7.09. The molecular weight excluding hydrogens is 454 g/mol. The van der Waals surface area contributed by atoms with Crippen molar-refractivity contribution in [2.75, 3.05) is 0 Å². The summed E-state index contributed by atoms with van der Waals surface area (Å²) in [6.45, 7) is 3.31. The maximum Gasteiger partial charge on any atom is 0.326 e. The Balaban J connectivity index is 3.01. The molecule has 4 unspecified atom stereocenters. The Kier molecular flexibility index (Phi) is 10.6. The summed E-state index contributed by atoms with van der Waals surface area (Å²) in [4.78, 5) is 78.2. The van der Waals surface area contributed by atoms with Gasteiger partial charge in [-0.1, -0.05) is 13.8 Å². The molecule has 10 N–H and O–H groups in total. The monoisotopic (exact) mass is 483 g/mol. The number of nitrogens with zero attached hydrogens (tertiary/aromatic N) is 1. The lowest BCUT2D eigenvalue weighted by molar-refractivity contribution is -0.144. The van der Waals surface area contributed by atoms with Crippen LogP contribution in [0.4, 0.5) is 0 Å². The zero-order valence-electron chi connectivity index (χ0n) is 18.6. The second kappa shape index (κ2) is 12.9. The van der Waals surface area contributed by atoms with E-state index in [9.17, 15) is 33.9 Å². The number of carbonyl (C=O) groups is 6. The largest absolute Gasteiger partial charge is 0.481 e. The van der Waals surface area contributed by atoms with E-state index < -0.39 is 72.6 Å². The third-order valence-corrected chi connectivity index (χ3v) is 4.66. The lowest BCUT2D eigenvalue weighted by Crippen LogP contribution is -2.58. The second-order valence-electron chi connectivity index (χ2n) is 7.84. The molecule has 0 aliphatic heterocycles. The highest BCUT2D eigenvalue weighted by Gasteiger charge is 2.32. The molecule has 0 aromatic carbocycles. The lowest BCUT2D eigenvalue weighted by Gasteiger charge is -2.24. The lowest BCUT2D eigenvalue weighted by atomic mass is 10.0. The van der Waals surface area contributed by atoms with Crippen LogP contribution in [0.15, 0.2) is 12.5 Å². The minimum absolute atomic E-state index is 0.192. The van der Waals surface area contributed by atoms with E-state index in [2.05, 4.69) is 25.9 Å². The molecule has 15 nitrogen and oxygen atoms in total. The number of aromatic amines is 1. The van der Waals surface area contributed by atoms with Crippen molar-refractivity contribution in [3.8, 4) is 0 Å². The van der Waals surface area contributed by atoms with Gasteiger partial charge in [-0.3, -0.25) is 24.0 Å². The Morgan fingerprint density at radius 2 is 1.47 bits per heavy atom. The number of nitrogens with one attached hydrogen (secondary N) is 4. The summed E-state index contributed by atoms with van der Waals surface area (Å²) in [6, 6.07) is -5.75. The summed E-state index contributed by atoms with van der Waals surface area (Å²) >= 11 is 0. The van der Waals surface area contributed by atoms with Gasteiger partial charge < -0.3 is 42.6 Å². The van der Waals surface area contributed by atoms with Gasteiger partial charge in [0.05, 0.1) is 25.2 Å². The average Bonchev–Trinajstić information content (AvgIpc) is 3.23. The van der Waals surface area contributed by atoms with Crippen molar-refractivity contribution in [2.45, 2.75) is 57.3 Å². The molecule has 0 aliphatic carbocycles. The maximum atomic E-state index is 12.7. The molecule has 1 heterocycles. The van der Waals surface area contributed by atoms with E-state index in [1.165, 1.54) is 12.5 Å². The van der Waals surface area contributed by atoms with Crippen LogP contribution < -0.4 is 27.4 Å². The third kappa shape index (κ3) is 9.23. The van der Waals surface area contributed by atoms with Crippen molar-refractivity contribution in [1.29, 1.82) is 0 Å². The number of aliphatic carboxylic acids is 2. The van der Waals surface area contributed by atoms with Gasteiger partial charge in [-0.25, -0.2) is 9.78 Å². The molecular formula is C19H29N7O8. The van der Waals surface area contributed by atoms with Crippen LogP contribution >= 0.6 is 0 Å². The molecule has 0 bridgehead atoms. The fraction of sp³-hybridized carbons (Fsp3) is 0.526. The van der Waals surface area contributed by atoms with Gasteiger partial charge in [-0.2, -0.15) is 0 Å². The Morgan fingerprint density at radius 3 is 1.91 bits per heavy atom. The Labute approximate surface area is 194 Å². The fourth-order valence-electron chi connectivity index (χ4n) is 2.73. The van der Waals surface area contributed by atoms with Crippen LogP contribution in [-0.4, -0.2) is 79.9 Å². The van der Waals surface area contributed by atoms with E-state index in [0.717, 1.165) is 0 Å². The van der Waals surface area contributed by atoms with Crippen molar-refractivity contribution in [3.05, 3.63) is 18.2 Å². The molecule has 4 amide bonds. The molecule has 1 aromatic rings. The zero-order valence-corrected chi connectivity index (χ0v) is 18.6. The van der Waals surface area contributed by atoms with E-state index in [1.807, 2.05) is 0 Å². The molecule has 0 fully saturated rings. The van der Waals surface area contributed by atoms with Crippen LogP contribution in [0.25, 0.3) is 0 Å². The minimum atomic E-state index is -1.72. The van der Waals surface area contributed by atoms with E-state index >= 15 is 0 Å².